The molecule has 7 nitrogen and oxygen atoms in total. The molecule has 1 aromatic carbocycles. The Labute approximate surface area is 147 Å². The molecular formula is C18H23N3O4. The molecular weight excluding hydrogens is 322 g/mol. The highest BCUT2D eigenvalue weighted by atomic mass is 16.5. The first-order valence-corrected chi connectivity index (χ1v) is 7.97. The van der Waals surface area contributed by atoms with Gasteiger partial charge in [0.05, 0.1) is 25.6 Å². The summed E-state index contributed by atoms with van der Waals surface area (Å²) in [6.07, 6.45) is 1.62. The van der Waals surface area contributed by atoms with Crippen LogP contribution in [-0.2, 0) is 4.74 Å². The number of methoxy groups -OCH3 is 2. The average molecular weight is 345 g/mol. The number of pyridine rings is 1. The third-order valence-electron chi connectivity index (χ3n) is 3.35. The van der Waals surface area contributed by atoms with Crippen LogP contribution in [0.2, 0.25) is 0 Å². The quantitative estimate of drug-likeness (QED) is 0.641. The number of carbonyl (C=O) groups excluding carboxylic acids is 1. The maximum absolute atomic E-state index is 11.8. The Balaban J connectivity index is 1.71. The molecule has 0 bridgehead atoms. The fraction of sp³-hybridized carbons (Fsp3) is 0.333. The molecule has 7 heteroatoms. The van der Waals surface area contributed by atoms with Crippen molar-refractivity contribution in [1.82, 2.24) is 10.3 Å². The van der Waals surface area contributed by atoms with Crippen LogP contribution in [0.25, 0.3) is 0 Å². The molecule has 2 rings (SSSR count). The molecule has 1 heterocycles. The molecule has 0 aliphatic carbocycles. The number of ether oxygens (including phenoxy) is 3. The summed E-state index contributed by atoms with van der Waals surface area (Å²) < 4.78 is 15.6. The number of carbonyl (C=O) groups is 1. The molecule has 0 atom stereocenters. The minimum absolute atomic E-state index is 0.216. The summed E-state index contributed by atoms with van der Waals surface area (Å²) in [6, 6.07) is 10.9. The first kappa shape index (κ1) is 18.5. The van der Waals surface area contributed by atoms with Crippen LogP contribution >= 0.6 is 0 Å². The van der Waals surface area contributed by atoms with Crippen molar-refractivity contribution in [3.8, 4) is 11.5 Å². The Morgan fingerprint density at radius 3 is 2.40 bits per heavy atom. The molecule has 0 unspecified atom stereocenters. The zero-order valence-corrected chi connectivity index (χ0v) is 14.5. The summed E-state index contributed by atoms with van der Waals surface area (Å²) in [5.74, 6) is 1.36. The number of rotatable bonds is 10. The van der Waals surface area contributed by atoms with Crippen LogP contribution in [0.4, 0.5) is 5.69 Å². The van der Waals surface area contributed by atoms with Crippen molar-refractivity contribution in [2.75, 3.05) is 45.8 Å². The number of hydrogen-bond acceptors (Lipinski definition) is 6. The second-order valence-electron chi connectivity index (χ2n) is 5.13. The van der Waals surface area contributed by atoms with Gasteiger partial charge in [0.25, 0.3) is 5.91 Å². The normalized spacial score (nSPS) is 10.2. The molecule has 0 saturated heterocycles. The van der Waals surface area contributed by atoms with E-state index in [-0.39, 0.29) is 5.91 Å². The average Bonchev–Trinajstić information content (AvgIpc) is 2.66. The smallest absolute Gasteiger partial charge is 0.269 e. The van der Waals surface area contributed by atoms with Crippen molar-refractivity contribution in [2.45, 2.75) is 0 Å². The molecule has 0 spiro atoms. The molecule has 0 saturated carbocycles. The lowest BCUT2D eigenvalue weighted by Gasteiger charge is -2.09. The Morgan fingerprint density at radius 2 is 1.76 bits per heavy atom. The van der Waals surface area contributed by atoms with E-state index in [1.54, 1.807) is 26.5 Å². The monoisotopic (exact) mass is 345 g/mol. The van der Waals surface area contributed by atoms with Gasteiger partial charge in [0.1, 0.15) is 23.8 Å². The summed E-state index contributed by atoms with van der Waals surface area (Å²) in [5.41, 5.74) is 1.20. The fourth-order valence-electron chi connectivity index (χ4n) is 2.03. The van der Waals surface area contributed by atoms with Crippen LogP contribution < -0.4 is 20.1 Å². The summed E-state index contributed by atoms with van der Waals surface area (Å²) >= 11 is 0. The van der Waals surface area contributed by atoms with Crippen molar-refractivity contribution in [1.29, 1.82) is 0 Å². The van der Waals surface area contributed by atoms with E-state index >= 15 is 0 Å². The van der Waals surface area contributed by atoms with E-state index in [9.17, 15) is 4.79 Å². The van der Waals surface area contributed by atoms with Gasteiger partial charge in [-0.25, -0.2) is 4.98 Å². The number of hydrogen-bond donors (Lipinski definition) is 2. The largest absolute Gasteiger partial charge is 0.497 e. The predicted octanol–water partition coefficient (Wildman–Crippen LogP) is 1.96. The van der Waals surface area contributed by atoms with Crippen LogP contribution in [0.15, 0.2) is 42.6 Å². The Hall–Kier alpha value is -2.80. The lowest BCUT2D eigenvalue weighted by molar-refractivity contribution is 0.0932. The van der Waals surface area contributed by atoms with E-state index in [0.29, 0.717) is 32.0 Å². The molecule has 0 radical (unpaired) electrons. The standard InChI is InChI=1S/C18H23N3O4/c1-23-11-9-20-18(22)17-8-3-14(13-21-17)19-10-12-25-16-6-4-15(24-2)5-7-16/h3-8,13,19H,9-12H2,1-2H3,(H,20,22). The molecule has 0 aliphatic rings. The third-order valence-corrected chi connectivity index (χ3v) is 3.35. The molecule has 1 aromatic heterocycles. The highest BCUT2D eigenvalue weighted by Gasteiger charge is 2.06. The number of nitrogens with one attached hydrogen (secondary N) is 2. The summed E-state index contributed by atoms with van der Waals surface area (Å²) in [5, 5.41) is 5.91. The molecule has 134 valence electrons. The van der Waals surface area contributed by atoms with Crippen molar-refractivity contribution in [3.63, 3.8) is 0 Å². The van der Waals surface area contributed by atoms with Gasteiger partial charge in [-0.1, -0.05) is 0 Å². The second-order valence-corrected chi connectivity index (χ2v) is 5.13. The van der Waals surface area contributed by atoms with Crippen molar-refractivity contribution in [3.05, 3.63) is 48.3 Å². The van der Waals surface area contributed by atoms with Gasteiger partial charge in [0.2, 0.25) is 0 Å². The van der Waals surface area contributed by atoms with Gasteiger partial charge in [0, 0.05) is 20.2 Å². The van der Waals surface area contributed by atoms with Crippen LogP contribution in [0.5, 0.6) is 11.5 Å². The van der Waals surface area contributed by atoms with E-state index in [0.717, 1.165) is 17.2 Å². The van der Waals surface area contributed by atoms with Crippen LogP contribution in [0.1, 0.15) is 10.5 Å². The first-order valence-electron chi connectivity index (χ1n) is 7.97. The number of anilines is 1. The number of aromatic nitrogens is 1. The minimum atomic E-state index is -0.216. The zero-order chi connectivity index (χ0) is 17.9. The number of benzene rings is 1. The molecule has 0 aliphatic heterocycles. The van der Waals surface area contributed by atoms with Gasteiger partial charge in [-0.2, -0.15) is 0 Å². The molecule has 25 heavy (non-hydrogen) atoms. The highest BCUT2D eigenvalue weighted by Crippen LogP contribution is 2.16. The van der Waals surface area contributed by atoms with Gasteiger partial charge in [-0.15, -0.1) is 0 Å². The molecule has 1 amide bonds. The van der Waals surface area contributed by atoms with E-state index in [4.69, 9.17) is 14.2 Å². The number of nitrogens with zero attached hydrogens (tertiary/aromatic N) is 1. The number of amides is 1. The van der Waals surface area contributed by atoms with Gasteiger partial charge in [0.15, 0.2) is 0 Å². The molecule has 0 fully saturated rings. The van der Waals surface area contributed by atoms with Crippen molar-refractivity contribution < 1.29 is 19.0 Å². The topological polar surface area (TPSA) is 81.7 Å². The zero-order valence-electron chi connectivity index (χ0n) is 14.5. The predicted molar refractivity (Wildman–Crippen MR) is 95.4 cm³/mol. The SMILES string of the molecule is COCCNC(=O)c1ccc(NCCOc2ccc(OC)cc2)cn1. The first-order chi connectivity index (χ1) is 12.2. The van der Waals surface area contributed by atoms with E-state index < -0.39 is 0 Å². The van der Waals surface area contributed by atoms with Gasteiger partial charge >= 0.3 is 0 Å². The Morgan fingerprint density at radius 1 is 1.00 bits per heavy atom. The summed E-state index contributed by atoms with van der Waals surface area (Å²) in [4.78, 5) is 16.0. The molecule has 2 N–H and O–H groups in total. The van der Waals surface area contributed by atoms with Crippen LogP contribution in [0, 0.1) is 0 Å². The van der Waals surface area contributed by atoms with Gasteiger partial charge < -0.3 is 24.8 Å². The maximum atomic E-state index is 11.8. The van der Waals surface area contributed by atoms with E-state index in [1.807, 2.05) is 30.3 Å². The Bertz CT molecular complexity index is 644. The Kier molecular flexibility index (Phi) is 7.52. The maximum Gasteiger partial charge on any atom is 0.269 e. The summed E-state index contributed by atoms with van der Waals surface area (Å²) in [7, 11) is 3.21. The van der Waals surface area contributed by atoms with E-state index in [2.05, 4.69) is 15.6 Å². The van der Waals surface area contributed by atoms with Gasteiger partial charge in [-0.05, 0) is 36.4 Å². The van der Waals surface area contributed by atoms with Crippen LogP contribution in [-0.4, -0.2) is 51.4 Å². The van der Waals surface area contributed by atoms with Gasteiger partial charge in [-0.3, -0.25) is 4.79 Å². The molecule has 2 aromatic rings. The third kappa shape index (κ3) is 6.31. The van der Waals surface area contributed by atoms with E-state index in [1.165, 1.54) is 0 Å². The fourth-order valence-corrected chi connectivity index (χ4v) is 2.03. The van der Waals surface area contributed by atoms with Crippen molar-refractivity contribution >= 4 is 11.6 Å². The lowest BCUT2D eigenvalue weighted by Crippen LogP contribution is -2.27. The summed E-state index contributed by atoms with van der Waals surface area (Å²) in [6.45, 7) is 2.05. The highest BCUT2D eigenvalue weighted by molar-refractivity contribution is 5.92. The second kappa shape index (κ2) is 10.1. The minimum Gasteiger partial charge on any atom is -0.497 e. The van der Waals surface area contributed by atoms with Crippen molar-refractivity contribution in [2.24, 2.45) is 0 Å². The lowest BCUT2D eigenvalue weighted by atomic mass is 10.3. The van der Waals surface area contributed by atoms with Crippen LogP contribution in [0.3, 0.4) is 0 Å².